The molecular formula is C19H21N3O9S. The molecule has 1 aliphatic rings. The van der Waals surface area contributed by atoms with Gasteiger partial charge in [-0.05, 0) is 11.6 Å². The Morgan fingerprint density at radius 2 is 1.62 bits per heavy atom. The van der Waals surface area contributed by atoms with Gasteiger partial charge in [-0.15, -0.1) is 0 Å². The Hall–Kier alpha value is -2.81. The van der Waals surface area contributed by atoms with Gasteiger partial charge in [0.05, 0.1) is 27.4 Å². The molecule has 12 nitrogen and oxygen atoms in total. The number of thioether (sulfide) groups is 1. The van der Waals surface area contributed by atoms with Crippen molar-refractivity contribution in [2.75, 3.05) is 11.9 Å². The minimum atomic E-state index is -1.66. The van der Waals surface area contributed by atoms with E-state index in [1.54, 1.807) is 24.3 Å². The molecular weight excluding hydrogens is 446 g/mol. The summed E-state index contributed by atoms with van der Waals surface area (Å²) < 4.78 is 5.39. The number of nitrogens with one attached hydrogen (secondary N) is 1. The van der Waals surface area contributed by atoms with Gasteiger partial charge in [0.1, 0.15) is 35.5 Å². The third-order valence-electron chi connectivity index (χ3n) is 4.89. The standard InChI is InChI=1S/C19H21N3O9S/c23-9-14-16(24)17(25)18(26)19(31-14)32-15-6-11(20-8-10-4-2-1-3-5-10)12(21(27)28)7-13(15)22(29)30/h1-7,14,16-20,23-26H,8-9H2/t14-,16+,17+,18-,19+/m1/s1. The number of hydrogen-bond donors (Lipinski definition) is 5. The van der Waals surface area contributed by atoms with Crippen LogP contribution in [0.2, 0.25) is 0 Å². The van der Waals surface area contributed by atoms with Crippen LogP contribution in [-0.4, -0.2) is 66.7 Å². The Bertz CT molecular complexity index is 976. The average molecular weight is 467 g/mol. The molecule has 1 heterocycles. The molecule has 0 unspecified atom stereocenters. The molecule has 13 heteroatoms. The van der Waals surface area contributed by atoms with Crippen LogP contribution in [0.15, 0.2) is 47.4 Å². The third-order valence-corrected chi connectivity index (χ3v) is 6.09. The SMILES string of the molecule is O=[N+]([O-])c1cc([N+](=O)[O-])c(S[C@@H]2O[C@H](CO)[C@H](O)[C@H](O)[C@H]2O)cc1NCc1ccccc1. The third kappa shape index (κ3) is 5.15. The van der Waals surface area contributed by atoms with Crippen molar-refractivity contribution in [3.8, 4) is 0 Å². The fraction of sp³-hybridized carbons (Fsp3) is 0.368. The fourth-order valence-corrected chi connectivity index (χ4v) is 4.36. The van der Waals surface area contributed by atoms with Gasteiger partial charge in [0.2, 0.25) is 0 Å². The zero-order valence-electron chi connectivity index (χ0n) is 16.5. The van der Waals surface area contributed by atoms with Gasteiger partial charge in [0.25, 0.3) is 11.4 Å². The highest BCUT2D eigenvalue weighted by Crippen LogP contribution is 2.42. The van der Waals surface area contributed by atoms with Crippen LogP contribution < -0.4 is 5.32 Å². The van der Waals surface area contributed by atoms with Crippen LogP contribution >= 0.6 is 11.8 Å². The second-order valence-electron chi connectivity index (χ2n) is 7.01. The predicted octanol–water partition coefficient (Wildman–Crippen LogP) is 1.01. The minimum absolute atomic E-state index is 0.0107. The van der Waals surface area contributed by atoms with Gasteiger partial charge >= 0.3 is 0 Å². The number of aliphatic hydroxyl groups excluding tert-OH is 4. The fourth-order valence-electron chi connectivity index (χ4n) is 3.17. The lowest BCUT2D eigenvalue weighted by Crippen LogP contribution is -2.57. The Morgan fingerprint density at radius 1 is 0.969 bits per heavy atom. The Morgan fingerprint density at radius 3 is 2.22 bits per heavy atom. The maximum atomic E-state index is 11.6. The number of aliphatic hydroxyl groups is 4. The topological polar surface area (TPSA) is 188 Å². The van der Waals surface area contributed by atoms with E-state index in [0.717, 1.165) is 11.6 Å². The maximum Gasteiger partial charge on any atom is 0.299 e. The lowest BCUT2D eigenvalue weighted by atomic mass is 10.0. The number of anilines is 1. The van der Waals surface area contributed by atoms with Gasteiger partial charge in [-0.3, -0.25) is 20.2 Å². The summed E-state index contributed by atoms with van der Waals surface area (Å²) in [6, 6.07) is 11.0. The normalized spacial score (nSPS) is 25.3. The molecule has 0 radical (unpaired) electrons. The van der Waals surface area contributed by atoms with E-state index in [0.29, 0.717) is 11.8 Å². The predicted molar refractivity (Wildman–Crippen MR) is 113 cm³/mol. The first kappa shape index (κ1) is 23.8. The van der Waals surface area contributed by atoms with Gasteiger partial charge in [-0.1, -0.05) is 42.1 Å². The summed E-state index contributed by atoms with van der Waals surface area (Å²) in [4.78, 5) is 21.4. The van der Waals surface area contributed by atoms with E-state index >= 15 is 0 Å². The Kier molecular flexibility index (Phi) is 7.60. The largest absolute Gasteiger partial charge is 0.394 e. The maximum absolute atomic E-state index is 11.6. The lowest BCUT2D eigenvalue weighted by molar-refractivity contribution is -0.395. The summed E-state index contributed by atoms with van der Waals surface area (Å²) in [5.41, 5.74) is -1.55. The molecule has 0 amide bonds. The molecule has 1 fully saturated rings. The van der Waals surface area contributed by atoms with Crippen molar-refractivity contribution in [3.63, 3.8) is 0 Å². The van der Waals surface area contributed by atoms with Crippen LogP contribution in [0.4, 0.5) is 17.1 Å². The van der Waals surface area contributed by atoms with Gasteiger partial charge in [0, 0.05) is 6.54 Å². The van der Waals surface area contributed by atoms with Crippen LogP contribution in [0.3, 0.4) is 0 Å². The quantitative estimate of drug-likeness (QED) is 0.275. The monoisotopic (exact) mass is 467 g/mol. The molecule has 1 saturated heterocycles. The van der Waals surface area contributed by atoms with Gasteiger partial charge in [-0.25, -0.2) is 0 Å². The van der Waals surface area contributed by atoms with E-state index in [-0.39, 0.29) is 17.1 Å². The van der Waals surface area contributed by atoms with Crippen LogP contribution in [-0.2, 0) is 11.3 Å². The first-order valence-electron chi connectivity index (χ1n) is 9.44. The number of benzene rings is 2. The summed E-state index contributed by atoms with van der Waals surface area (Å²) in [6.45, 7) is -0.447. The number of nitro groups is 2. The van der Waals surface area contributed by atoms with E-state index in [2.05, 4.69) is 5.32 Å². The van der Waals surface area contributed by atoms with Crippen LogP contribution in [0.5, 0.6) is 0 Å². The Balaban J connectivity index is 1.94. The van der Waals surface area contributed by atoms with Crippen molar-refractivity contribution in [1.82, 2.24) is 0 Å². The molecule has 3 rings (SSSR count). The molecule has 172 valence electrons. The van der Waals surface area contributed by atoms with E-state index in [9.17, 15) is 40.7 Å². The van der Waals surface area contributed by atoms with E-state index in [1.807, 2.05) is 6.07 Å². The van der Waals surface area contributed by atoms with Gasteiger partial charge in [-0.2, -0.15) is 0 Å². The minimum Gasteiger partial charge on any atom is -0.394 e. The average Bonchev–Trinajstić information content (AvgIpc) is 2.78. The second kappa shape index (κ2) is 10.2. The summed E-state index contributed by atoms with van der Waals surface area (Å²) in [5.74, 6) is 0. The summed E-state index contributed by atoms with van der Waals surface area (Å²) >= 11 is 0.650. The van der Waals surface area contributed by atoms with Crippen molar-refractivity contribution in [3.05, 3.63) is 68.3 Å². The summed E-state index contributed by atoms with van der Waals surface area (Å²) in [5, 5.41) is 65.4. The van der Waals surface area contributed by atoms with E-state index in [4.69, 9.17) is 4.74 Å². The molecule has 0 spiro atoms. The summed E-state index contributed by atoms with van der Waals surface area (Å²) in [6.07, 6.45) is -6.07. The van der Waals surface area contributed by atoms with Crippen molar-refractivity contribution in [2.45, 2.75) is 41.3 Å². The Labute approximate surface area is 185 Å². The summed E-state index contributed by atoms with van der Waals surface area (Å²) in [7, 11) is 0. The van der Waals surface area contributed by atoms with Gasteiger partial charge < -0.3 is 30.5 Å². The molecule has 2 aromatic rings. The lowest BCUT2D eigenvalue weighted by Gasteiger charge is -2.39. The second-order valence-corrected chi connectivity index (χ2v) is 8.15. The number of hydrogen-bond acceptors (Lipinski definition) is 11. The molecule has 5 N–H and O–H groups in total. The molecule has 0 aliphatic carbocycles. The first-order valence-corrected chi connectivity index (χ1v) is 10.3. The molecule has 32 heavy (non-hydrogen) atoms. The zero-order chi connectivity index (χ0) is 23.4. The number of rotatable bonds is 8. The van der Waals surface area contributed by atoms with Crippen molar-refractivity contribution >= 4 is 28.8 Å². The first-order chi connectivity index (χ1) is 15.2. The highest BCUT2D eigenvalue weighted by atomic mass is 32.2. The van der Waals surface area contributed by atoms with Gasteiger partial charge in [0.15, 0.2) is 0 Å². The van der Waals surface area contributed by atoms with Crippen LogP contribution in [0, 0.1) is 20.2 Å². The molecule has 0 bridgehead atoms. The van der Waals surface area contributed by atoms with E-state index < -0.39 is 57.7 Å². The highest BCUT2D eigenvalue weighted by Gasteiger charge is 2.44. The molecule has 1 aliphatic heterocycles. The molecule has 0 saturated carbocycles. The van der Waals surface area contributed by atoms with Crippen molar-refractivity contribution in [1.29, 1.82) is 0 Å². The van der Waals surface area contributed by atoms with E-state index in [1.165, 1.54) is 6.07 Å². The highest BCUT2D eigenvalue weighted by molar-refractivity contribution is 8.00. The zero-order valence-corrected chi connectivity index (χ0v) is 17.3. The van der Waals surface area contributed by atoms with Crippen LogP contribution in [0.25, 0.3) is 0 Å². The molecule has 0 aromatic heterocycles. The molecule has 5 atom stereocenters. The number of nitrogens with zero attached hydrogens (tertiary/aromatic N) is 2. The number of ether oxygens (including phenoxy) is 1. The van der Waals surface area contributed by atoms with Crippen LogP contribution in [0.1, 0.15) is 5.56 Å². The molecule has 2 aromatic carbocycles. The smallest absolute Gasteiger partial charge is 0.299 e. The number of nitro benzene ring substituents is 2. The van der Waals surface area contributed by atoms with Crippen molar-refractivity contribution < 1.29 is 35.0 Å². The van der Waals surface area contributed by atoms with Crippen molar-refractivity contribution in [2.24, 2.45) is 0 Å².